The van der Waals surface area contributed by atoms with Gasteiger partial charge in [-0.25, -0.2) is 9.50 Å². The first-order chi connectivity index (χ1) is 7.84. The molecule has 1 N–H and O–H groups in total. The van der Waals surface area contributed by atoms with Crippen molar-refractivity contribution in [3.63, 3.8) is 0 Å². The molecule has 1 aliphatic heterocycles. The molecule has 1 atom stereocenters. The average Bonchev–Trinajstić information content (AvgIpc) is 2.77. The SMILES string of the molecule is Cc1cc(C2CCCNC2)n2ncnc2n1.Cl. The summed E-state index contributed by atoms with van der Waals surface area (Å²) in [7, 11) is 0. The standard InChI is InChI=1S/C11H15N5.ClH/c1-8-5-10(9-3-2-4-12-6-9)16-11(15-8)13-7-14-16;/h5,7,9,12H,2-4,6H2,1H3;1H. The van der Waals surface area contributed by atoms with Crippen molar-refractivity contribution in [2.45, 2.75) is 25.7 Å². The molecule has 0 bridgehead atoms. The Morgan fingerprint density at radius 1 is 1.47 bits per heavy atom. The summed E-state index contributed by atoms with van der Waals surface area (Å²) in [5, 5.41) is 7.68. The van der Waals surface area contributed by atoms with E-state index in [9.17, 15) is 0 Å². The second-order valence-corrected chi connectivity index (χ2v) is 4.34. The van der Waals surface area contributed by atoms with E-state index in [1.807, 2.05) is 11.4 Å². The van der Waals surface area contributed by atoms with Crippen LogP contribution >= 0.6 is 12.4 Å². The number of piperidine rings is 1. The van der Waals surface area contributed by atoms with Crippen molar-refractivity contribution < 1.29 is 0 Å². The van der Waals surface area contributed by atoms with Gasteiger partial charge in [0, 0.05) is 18.2 Å². The molecule has 2 aromatic rings. The van der Waals surface area contributed by atoms with E-state index < -0.39 is 0 Å². The van der Waals surface area contributed by atoms with Crippen molar-refractivity contribution in [2.75, 3.05) is 13.1 Å². The van der Waals surface area contributed by atoms with Crippen LogP contribution in [0, 0.1) is 6.92 Å². The van der Waals surface area contributed by atoms with Crippen LogP contribution in [0.25, 0.3) is 5.78 Å². The molecule has 3 heterocycles. The first-order valence-corrected chi connectivity index (χ1v) is 5.72. The van der Waals surface area contributed by atoms with Gasteiger partial charge in [0.1, 0.15) is 6.33 Å². The highest BCUT2D eigenvalue weighted by molar-refractivity contribution is 5.85. The minimum Gasteiger partial charge on any atom is -0.316 e. The molecule has 0 amide bonds. The topological polar surface area (TPSA) is 55.1 Å². The zero-order chi connectivity index (χ0) is 11.0. The number of aryl methyl sites for hydroxylation is 1. The van der Waals surface area contributed by atoms with Crippen molar-refractivity contribution in [1.82, 2.24) is 24.9 Å². The van der Waals surface area contributed by atoms with Gasteiger partial charge in [-0.15, -0.1) is 12.4 Å². The van der Waals surface area contributed by atoms with E-state index >= 15 is 0 Å². The van der Waals surface area contributed by atoms with E-state index in [-0.39, 0.29) is 12.4 Å². The molecule has 5 nitrogen and oxygen atoms in total. The van der Waals surface area contributed by atoms with Gasteiger partial charge in [0.2, 0.25) is 0 Å². The van der Waals surface area contributed by atoms with E-state index in [1.165, 1.54) is 18.5 Å². The molecule has 0 spiro atoms. The fraction of sp³-hybridized carbons (Fsp3) is 0.545. The van der Waals surface area contributed by atoms with Gasteiger partial charge in [-0.05, 0) is 32.4 Å². The van der Waals surface area contributed by atoms with Gasteiger partial charge in [0.05, 0.1) is 5.69 Å². The van der Waals surface area contributed by atoms with E-state index in [2.05, 4.69) is 26.4 Å². The minimum absolute atomic E-state index is 0. The van der Waals surface area contributed by atoms with Crippen molar-refractivity contribution in [3.05, 3.63) is 23.8 Å². The van der Waals surface area contributed by atoms with Crippen molar-refractivity contribution in [1.29, 1.82) is 0 Å². The molecule has 6 heteroatoms. The highest BCUT2D eigenvalue weighted by Crippen LogP contribution is 2.23. The maximum Gasteiger partial charge on any atom is 0.252 e. The summed E-state index contributed by atoms with van der Waals surface area (Å²) in [5.74, 6) is 1.24. The first-order valence-electron chi connectivity index (χ1n) is 5.72. The number of rotatable bonds is 1. The molecular weight excluding hydrogens is 238 g/mol. The lowest BCUT2D eigenvalue weighted by Gasteiger charge is -2.23. The summed E-state index contributed by atoms with van der Waals surface area (Å²) < 4.78 is 1.87. The third-order valence-corrected chi connectivity index (χ3v) is 3.12. The Kier molecular flexibility index (Phi) is 3.59. The lowest BCUT2D eigenvalue weighted by atomic mass is 9.95. The fourth-order valence-electron chi connectivity index (χ4n) is 2.35. The number of halogens is 1. The third-order valence-electron chi connectivity index (χ3n) is 3.12. The van der Waals surface area contributed by atoms with Crippen LogP contribution in [0.15, 0.2) is 12.4 Å². The van der Waals surface area contributed by atoms with Gasteiger partial charge in [-0.3, -0.25) is 0 Å². The third kappa shape index (κ3) is 2.25. The predicted octanol–water partition coefficient (Wildman–Crippen LogP) is 1.32. The highest BCUT2D eigenvalue weighted by Gasteiger charge is 2.19. The van der Waals surface area contributed by atoms with Crippen LogP contribution in [0.5, 0.6) is 0 Å². The number of hydrogen-bond donors (Lipinski definition) is 1. The molecule has 1 fully saturated rings. The highest BCUT2D eigenvalue weighted by atomic mass is 35.5. The van der Waals surface area contributed by atoms with Crippen LogP contribution in [0.1, 0.15) is 30.1 Å². The summed E-state index contributed by atoms with van der Waals surface area (Å²) in [4.78, 5) is 8.52. The number of nitrogens with one attached hydrogen (secondary N) is 1. The normalized spacial score (nSPS) is 20.2. The second kappa shape index (κ2) is 4.98. The molecule has 1 saturated heterocycles. The first kappa shape index (κ1) is 12.3. The zero-order valence-corrected chi connectivity index (χ0v) is 10.6. The van der Waals surface area contributed by atoms with E-state index in [0.29, 0.717) is 11.7 Å². The Hall–Kier alpha value is -1.20. The molecule has 0 aliphatic carbocycles. The van der Waals surface area contributed by atoms with Crippen molar-refractivity contribution >= 4 is 18.2 Å². The van der Waals surface area contributed by atoms with Gasteiger partial charge < -0.3 is 5.32 Å². The molecule has 1 unspecified atom stereocenters. The van der Waals surface area contributed by atoms with Gasteiger partial charge in [-0.2, -0.15) is 10.1 Å². The summed E-state index contributed by atoms with van der Waals surface area (Å²) >= 11 is 0. The molecule has 0 radical (unpaired) electrons. The Bertz CT molecular complexity index is 504. The molecule has 92 valence electrons. The van der Waals surface area contributed by atoms with Crippen LogP contribution in [-0.4, -0.2) is 32.7 Å². The Morgan fingerprint density at radius 3 is 3.12 bits per heavy atom. The molecule has 3 rings (SSSR count). The van der Waals surface area contributed by atoms with Crippen LogP contribution in [0.2, 0.25) is 0 Å². The van der Waals surface area contributed by atoms with Gasteiger partial charge in [0.25, 0.3) is 5.78 Å². The van der Waals surface area contributed by atoms with Crippen molar-refractivity contribution in [3.8, 4) is 0 Å². The number of fused-ring (bicyclic) bond motifs is 1. The zero-order valence-electron chi connectivity index (χ0n) is 9.76. The molecule has 17 heavy (non-hydrogen) atoms. The number of nitrogens with zero attached hydrogens (tertiary/aromatic N) is 4. The maximum absolute atomic E-state index is 4.36. The maximum atomic E-state index is 4.36. The number of aromatic nitrogens is 4. The summed E-state index contributed by atoms with van der Waals surface area (Å²) in [6.07, 6.45) is 4.01. The molecule has 1 aliphatic rings. The van der Waals surface area contributed by atoms with Gasteiger partial charge in [-0.1, -0.05) is 0 Å². The molecule has 2 aromatic heterocycles. The Balaban J connectivity index is 0.00000108. The second-order valence-electron chi connectivity index (χ2n) is 4.34. The van der Waals surface area contributed by atoms with Crippen LogP contribution < -0.4 is 5.32 Å². The smallest absolute Gasteiger partial charge is 0.252 e. The predicted molar refractivity (Wildman–Crippen MR) is 67.6 cm³/mol. The van der Waals surface area contributed by atoms with Gasteiger partial charge in [0.15, 0.2) is 0 Å². The van der Waals surface area contributed by atoms with E-state index in [1.54, 1.807) is 6.33 Å². The van der Waals surface area contributed by atoms with Gasteiger partial charge >= 0.3 is 0 Å². The average molecular weight is 254 g/mol. The van der Waals surface area contributed by atoms with Crippen LogP contribution in [0.4, 0.5) is 0 Å². The monoisotopic (exact) mass is 253 g/mol. The van der Waals surface area contributed by atoms with Crippen LogP contribution in [-0.2, 0) is 0 Å². The summed E-state index contributed by atoms with van der Waals surface area (Å²) in [5.41, 5.74) is 2.24. The largest absolute Gasteiger partial charge is 0.316 e. The van der Waals surface area contributed by atoms with E-state index in [4.69, 9.17) is 0 Å². The summed E-state index contributed by atoms with van der Waals surface area (Å²) in [6, 6.07) is 2.12. The van der Waals surface area contributed by atoms with E-state index in [0.717, 1.165) is 18.8 Å². The minimum atomic E-state index is 0. The molecule has 0 saturated carbocycles. The van der Waals surface area contributed by atoms with Crippen LogP contribution in [0.3, 0.4) is 0 Å². The molecule has 0 aromatic carbocycles. The van der Waals surface area contributed by atoms with Crippen molar-refractivity contribution in [2.24, 2.45) is 0 Å². The lowest BCUT2D eigenvalue weighted by molar-refractivity contribution is 0.448. The fourth-order valence-corrected chi connectivity index (χ4v) is 2.35. The number of hydrogen-bond acceptors (Lipinski definition) is 4. The quantitative estimate of drug-likeness (QED) is 0.833. The Morgan fingerprint density at radius 2 is 2.35 bits per heavy atom. The molecular formula is C11H16ClN5. The summed E-state index contributed by atoms with van der Waals surface area (Å²) in [6.45, 7) is 4.16. The lowest BCUT2D eigenvalue weighted by Crippen LogP contribution is -2.29. The Labute approximate surface area is 106 Å².